The molecule has 0 saturated heterocycles. The summed E-state index contributed by atoms with van der Waals surface area (Å²) in [5.74, 6) is 1.89. The highest BCUT2D eigenvalue weighted by molar-refractivity contribution is 5.93. The Morgan fingerprint density at radius 3 is 2.14 bits per heavy atom. The van der Waals surface area contributed by atoms with Crippen LogP contribution in [-0.4, -0.2) is 11.7 Å². The first-order valence-electron chi connectivity index (χ1n) is 7.73. The summed E-state index contributed by atoms with van der Waals surface area (Å²) in [5, 5.41) is 4.19. The lowest BCUT2D eigenvalue weighted by Crippen LogP contribution is -2.45. The van der Waals surface area contributed by atoms with E-state index in [-0.39, 0.29) is 5.82 Å². The summed E-state index contributed by atoms with van der Waals surface area (Å²) in [6.45, 7) is 0. The van der Waals surface area contributed by atoms with E-state index < -0.39 is 5.97 Å². The number of hydrogen-bond donors (Lipinski definition) is 0. The standard InChI is InChI=1S/C17H18FNO2/c18-15-3-1-12(2-4-15)17(20)21-19-16-13-6-10-5-11(8-13)9-14(16)7-10/h1-4,10-11,13-14H,5-9H2. The normalized spacial score (nSPS) is 33.1. The Bertz CT molecular complexity index is 563. The highest BCUT2D eigenvalue weighted by atomic mass is 19.1. The summed E-state index contributed by atoms with van der Waals surface area (Å²) >= 11 is 0. The third-order valence-electron chi connectivity index (χ3n) is 5.29. The average molecular weight is 287 g/mol. The lowest BCUT2D eigenvalue weighted by Gasteiger charge is -2.49. The van der Waals surface area contributed by atoms with E-state index in [4.69, 9.17) is 4.84 Å². The van der Waals surface area contributed by atoms with Crippen LogP contribution in [-0.2, 0) is 4.84 Å². The quantitative estimate of drug-likeness (QED) is 0.613. The van der Waals surface area contributed by atoms with Gasteiger partial charge in [-0.25, -0.2) is 9.18 Å². The van der Waals surface area contributed by atoms with E-state index in [0.29, 0.717) is 17.4 Å². The number of benzene rings is 1. The number of nitrogens with zero attached hydrogens (tertiary/aromatic N) is 1. The van der Waals surface area contributed by atoms with E-state index in [1.54, 1.807) is 0 Å². The van der Waals surface area contributed by atoms with E-state index >= 15 is 0 Å². The largest absolute Gasteiger partial charge is 0.365 e. The molecule has 0 unspecified atom stereocenters. The van der Waals surface area contributed by atoms with Gasteiger partial charge in [-0.2, -0.15) is 0 Å². The van der Waals surface area contributed by atoms with Crippen LogP contribution in [0, 0.1) is 29.5 Å². The molecule has 4 aliphatic carbocycles. The second kappa shape index (κ2) is 4.93. The van der Waals surface area contributed by atoms with Crippen LogP contribution in [0.2, 0.25) is 0 Å². The molecule has 5 rings (SSSR count). The molecule has 0 spiro atoms. The molecule has 110 valence electrons. The molecule has 4 fully saturated rings. The monoisotopic (exact) mass is 287 g/mol. The predicted octanol–water partition coefficient (Wildman–Crippen LogP) is 3.79. The smallest absolute Gasteiger partial charge is 0.313 e. The van der Waals surface area contributed by atoms with Crippen LogP contribution >= 0.6 is 0 Å². The van der Waals surface area contributed by atoms with Crippen LogP contribution in [0.4, 0.5) is 4.39 Å². The van der Waals surface area contributed by atoms with Gasteiger partial charge in [0.1, 0.15) is 5.82 Å². The van der Waals surface area contributed by atoms with Crippen molar-refractivity contribution in [3.63, 3.8) is 0 Å². The van der Waals surface area contributed by atoms with E-state index in [0.717, 1.165) is 17.5 Å². The lowest BCUT2D eigenvalue weighted by molar-refractivity contribution is 0.0483. The maximum atomic E-state index is 12.8. The molecule has 3 nitrogen and oxygen atoms in total. The summed E-state index contributed by atoms with van der Waals surface area (Å²) < 4.78 is 12.8. The summed E-state index contributed by atoms with van der Waals surface area (Å²) in [6.07, 6.45) is 6.22. The van der Waals surface area contributed by atoms with Crippen molar-refractivity contribution >= 4 is 11.7 Å². The van der Waals surface area contributed by atoms with E-state index in [1.165, 1.54) is 56.4 Å². The van der Waals surface area contributed by atoms with Crippen LogP contribution in [0.5, 0.6) is 0 Å². The van der Waals surface area contributed by atoms with Crippen LogP contribution < -0.4 is 0 Å². The number of carbonyl (C=O) groups is 1. The van der Waals surface area contributed by atoms with Crippen LogP contribution in [0.25, 0.3) is 0 Å². The van der Waals surface area contributed by atoms with Crippen molar-refractivity contribution in [2.24, 2.45) is 28.8 Å². The van der Waals surface area contributed by atoms with Gasteiger partial charge in [0.2, 0.25) is 0 Å². The highest BCUT2D eigenvalue weighted by Crippen LogP contribution is 2.52. The Hall–Kier alpha value is -1.71. The molecule has 4 saturated carbocycles. The fourth-order valence-electron chi connectivity index (χ4n) is 4.55. The van der Waals surface area contributed by atoms with Gasteiger partial charge in [0.25, 0.3) is 0 Å². The van der Waals surface area contributed by atoms with Gasteiger partial charge < -0.3 is 4.84 Å². The Morgan fingerprint density at radius 2 is 1.57 bits per heavy atom. The summed E-state index contributed by atoms with van der Waals surface area (Å²) in [4.78, 5) is 17.1. The average Bonchev–Trinajstić information content (AvgIpc) is 2.46. The van der Waals surface area contributed by atoms with Crippen LogP contribution in [0.3, 0.4) is 0 Å². The lowest BCUT2D eigenvalue weighted by atomic mass is 9.55. The Balaban J connectivity index is 1.48. The van der Waals surface area contributed by atoms with Gasteiger partial charge in [0.05, 0.1) is 11.3 Å². The molecule has 0 atom stereocenters. The SMILES string of the molecule is O=C(ON=C1C2CC3CC(C2)CC1C3)c1ccc(F)cc1. The second-order valence-corrected chi connectivity index (χ2v) is 6.71. The molecule has 0 aromatic heterocycles. The maximum Gasteiger partial charge on any atom is 0.365 e. The molecular formula is C17H18FNO2. The van der Waals surface area contributed by atoms with Crippen molar-refractivity contribution < 1.29 is 14.0 Å². The van der Waals surface area contributed by atoms with Gasteiger partial charge in [-0.1, -0.05) is 5.16 Å². The minimum absolute atomic E-state index is 0.338. The summed E-state index contributed by atoms with van der Waals surface area (Å²) in [6, 6.07) is 5.36. The molecule has 0 N–H and O–H groups in total. The van der Waals surface area contributed by atoms with Gasteiger partial charge in [0.15, 0.2) is 0 Å². The molecule has 0 heterocycles. The third kappa shape index (κ3) is 2.37. The van der Waals surface area contributed by atoms with Gasteiger partial charge in [0, 0.05) is 11.8 Å². The van der Waals surface area contributed by atoms with Crippen molar-refractivity contribution in [3.8, 4) is 0 Å². The summed E-state index contributed by atoms with van der Waals surface area (Å²) in [7, 11) is 0. The Labute approximate surface area is 123 Å². The molecule has 4 bridgehead atoms. The van der Waals surface area contributed by atoms with Crippen molar-refractivity contribution in [1.29, 1.82) is 0 Å². The highest BCUT2D eigenvalue weighted by Gasteiger charge is 2.46. The Morgan fingerprint density at radius 1 is 1.00 bits per heavy atom. The van der Waals surface area contributed by atoms with E-state index in [2.05, 4.69) is 5.16 Å². The van der Waals surface area contributed by atoms with Crippen molar-refractivity contribution in [3.05, 3.63) is 35.6 Å². The van der Waals surface area contributed by atoms with Crippen molar-refractivity contribution in [1.82, 2.24) is 0 Å². The summed E-state index contributed by atoms with van der Waals surface area (Å²) in [5.41, 5.74) is 1.43. The molecule has 0 radical (unpaired) electrons. The first-order chi connectivity index (χ1) is 10.2. The van der Waals surface area contributed by atoms with Gasteiger partial charge in [-0.15, -0.1) is 0 Å². The fourth-order valence-corrected chi connectivity index (χ4v) is 4.55. The molecule has 4 aliphatic rings. The van der Waals surface area contributed by atoms with Gasteiger partial charge in [-0.05, 0) is 68.2 Å². The molecule has 4 heteroatoms. The number of oxime groups is 1. The molecule has 0 aliphatic heterocycles. The number of rotatable bonds is 2. The van der Waals surface area contributed by atoms with Gasteiger partial charge >= 0.3 is 5.97 Å². The van der Waals surface area contributed by atoms with Crippen LogP contribution in [0.15, 0.2) is 29.4 Å². The van der Waals surface area contributed by atoms with Gasteiger partial charge in [-0.3, -0.25) is 0 Å². The van der Waals surface area contributed by atoms with Crippen LogP contribution in [0.1, 0.15) is 42.5 Å². The second-order valence-electron chi connectivity index (χ2n) is 6.71. The minimum Gasteiger partial charge on any atom is -0.313 e. The van der Waals surface area contributed by atoms with Crippen molar-refractivity contribution in [2.45, 2.75) is 32.1 Å². The molecule has 0 amide bonds. The van der Waals surface area contributed by atoms with Crippen molar-refractivity contribution in [2.75, 3.05) is 0 Å². The topological polar surface area (TPSA) is 38.7 Å². The predicted molar refractivity (Wildman–Crippen MR) is 76.3 cm³/mol. The number of hydrogen-bond acceptors (Lipinski definition) is 3. The zero-order valence-corrected chi connectivity index (χ0v) is 11.8. The zero-order valence-electron chi connectivity index (χ0n) is 11.8. The first kappa shape index (κ1) is 13.0. The molecule has 1 aromatic rings. The zero-order chi connectivity index (χ0) is 14.4. The molecule has 21 heavy (non-hydrogen) atoms. The first-order valence-corrected chi connectivity index (χ1v) is 7.73. The fraction of sp³-hybridized carbons (Fsp3) is 0.529. The van der Waals surface area contributed by atoms with E-state index in [9.17, 15) is 9.18 Å². The van der Waals surface area contributed by atoms with E-state index in [1.807, 2.05) is 0 Å². The third-order valence-corrected chi connectivity index (χ3v) is 5.29. The maximum absolute atomic E-state index is 12.8. The minimum atomic E-state index is -0.503. The Kier molecular flexibility index (Phi) is 3.05. The molecule has 1 aromatic carbocycles. The molecular weight excluding hydrogens is 269 g/mol. The number of carbonyl (C=O) groups excluding carboxylic acids is 1. The number of halogens is 1.